The Bertz CT molecular complexity index is 1420. The molecule has 2 N–H and O–H groups in total. The molecular weight excluding hydrogens is 459 g/mol. The Kier molecular flexibility index (Phi) is 6.22. The topological polar surface area (TPSA) is 88.8 Å². The fourth-order valence-electron chi connectivity index (χ4n) is 4.13. The van der Waals surface area contributed by atoms with Crippen molar-refractivity contribution >= 4 is 17.1 Å². The molecule has 0 radical (unpaired) electrons. The number of ketones is 1. The predicted molar refractivity (Wildman–Crippen MR) is 137 cm³/mol. The second kappa shape index (κ2) is 9.35. The molecule has 0 aliphatic heterocycles. The largest absolute Gasteiger partial charge is 0.496 e. The normalized spacial score (nSPS) is 13.7. The molecule has 4 aromatic rings. The molecule has 2 aromatic heterocycles. The van der Waals surface area contributed by atoms with Gasteiger partial charge in [-0.2, -0.15) is 5.10 Å². The van der Waals surface area contributed by atoms with Crippen molar-refractivity contribution in [3.05, 3.63) is 66.1 Å². The van der Waals surface area contributed by atoms with Crippen LogP contribution in [0.1, 0.15) is 43.5 Å². The number of Topliss-reactive ketones (excluding diaryl/α,β-unsaturated/α-hetero) is 1. The Balaban J connectivity index is 1.61. The summed E-state index contributed by atoms with van der Waals surface area (Å²) in [7, 11) is 1.57. The van der Waals surface area contributed by atoms with Crippen molar-refractivity contribution in [3.63, 3.8) is 0 Å². The number of rotatable bonds is 9. The fourth-order valence-corrected chi connectivity index (χ4v) is 4.13. The van der Waals surface area contributed by atoms with E-state index in [0.717, 1.165) is 24.0 Å². The molecular formula is C28H29FN4O3. The van der Waals surface area contributed by atoms with Crippen LogP contribution in [0.25, 0.3) is 28.2 Å². The quantitative estimate of drug-likeness (QED) is 0.308. The SMILES string of the molecule is COc1cc(C(=O)CC2CC2)ccc1-c1cnc2c(NCC(C)(C)O)cc(-c3ccc(F)cc3)nn12. The number of aliphatic hydroxyl groups is 1. The first kappa shape index (κ1) is 23.9. The molecule has 0 atom stereocenters. The van der Waals surface area contributed by atoms with Gasteiger partial charge in [0.25, 0.3) is 0 Å². The molecule has 1 saturated carbocycles. The van der Waals surface area contributed by atoms with E-state index in [4.69, 9.17) is 9.84 Å². The first-order chi connectivity index (χ1) is 17.2. The van der Waals surface area contributed by atoms with Gasteiger partial charge in [0, 0.05) is 29.7 Å². The van der Waals surface area contributed by atoms with Gasteiger partial charge in [0.2, 0.25) is 0 Å². The van der Waals surface area contributed by atoms with Crippen LogP contribution in [0.5, 0.6) is 5.75 Å². The maximum atomic E-state index is 13.6. The number of imidazole rings is 1. The van der Waals surface area contributed by atoms with Crippen LogP contribution in [0.3, 0.4) is 0 Å². The van der Waals surface area contributed by atoms with E-state index in [1.807, 2.05) is 18.2 Å². The minimum atomic E-state index is -0.947. The first-order valence-electron chi connectivity index (χ1n) is 12.0. The monoisotopic (exact) mass is 488 g/mol. The average molecular weight is 489 g/mol. The molecule has 7 nitrogen and oxygen atoms in total. The minimum absolute atomic E-state index is 0.121. The number of carbonyl (C=O) groups is 1. The third kappa shape index (κ3) is 5.09. The Morgan fingerprint density at radius 1 is 1.19 bits per heavy atom. The number of benzene rings is 2. The van der Waals surface area contributed by atoms with Gasteiger partial charge in [0.1, 0.15) is 11.6 Å². The van der Waals surface area contributed by atoms with E-state index < -0.39 is 5.60 Å². The van der Waals surface area contributed by atoms with Crippen molar-refractivity contribution in [2.45, 2.75) is 38.7 Å². The molecule has 5 rings (SSSR count). The number of methoxy groups -OCH3 is 1. The summed E-state index contributed by atoms with van der Waals surface area (Å²) in [4.78, 5) is 17.3. The van der Waals surface area contributed by atoms with Crippen LogP contribution in [0.4, 0.5) is 10.1 Å². The lowest BCUT2D eigenvalue weighted by atomic mass is 10.0. The number of fused-ring (bicyclic) bond motifs is 1. The summed E-state index contributed by atoms with van der Waals surface area (Å²) in [6.45, 7) is 3.72. The fraction of sp³-hybridized carbons (Fsp3) is 0.321. The van der Waals surface area contributed by atoms with E-state index in [-0.39, 0.29) is 11.6 Å². The summed E-state index contributed by atoms with van der Waals surface area (Å²) in [5, 5.41) is 18.3. The standard InChI is InChI=1S/C28H29FN4O3/c1-28(2,35)16-31-23-14-22(18-6-9-20(29)10-7-18)32-33-24(15-30-27(23)33)21-11-8-19(13-26(21)36-3)25(34)12-17-4-5-17/h6-11,13-15,17,31,35H,4-5,12,16H2,1-3H3. The summed E-state index contributed by atoms with van der Waals surface area (Å²) in [6.07, 6.45) is 4.51. The molecule has 0 amide bonds. The van der Waals surface area contributed by atoms with Gasteiger partial charge in [0.05, 0.1) is 36.0 Å². The van der Waals surface area contributed by atoms with Crippen LogP contribution in [0.2, 0.25) is 0 Å². The van der Waals surface area contributed by atoms with Gasteiger partial charge in [-0.15, -0.1) is 0 Å². The molecule has 2 heterocycles. The predicted octanol–water partition coefficient (Wildman–Crippen LogP) is 5.38. The molecule has 1 aliphatic carbocycles. The van der Waals surface area contributed by atoms with Crippen LogP contribution in [-0.2, 0) is 0 Å². The van der Waals surface area contributed by atoms with Gasteiger partial charge in [-0.3, -0.25) is 4.79 Å². The highest BCUT2D eigenvalue weighted by Gasteiger charge is 2.26. The molecule has 36 heavy (non-hydrogen) atoms. The number of hydrogen-bond acceptors (Lipinski definition) is 6. The van der Waals surface area contributed by atoms with Gasteiger partial charge in [-0.25, -0.2) is 13.9 Å². The third-order valence-corrected chi connectivity index (χ3v) is 6.29. The number of halogens is 1. The zero-order valence-corrected chi connectivity index (χ0v) is 20.6. The third-order valence-electron chi connectivity index (χ3n) is 6.29. The number of nitrogens with zero attached hydrogens (tertiary/aromatic N) is 3. The summed E-state index contributed by atoms with van der Waals surface area (Å²) in [5.41, 5.74) is 3.68. The van der Waals surface area contributed by atoms with Gasteiger partial charge < -0.3 is 15.2 Å². The smallest absolute Gasteiger partial charge is 0.177 e. The maximum absolute atomic E-state index is 13.6. The molecule has 8 heteroatoms. The van der Waals surface area contributed by atoms with Crippen LogP contribution in [0.15, 0.2) is 54.7 Å². The summed E-state index contributed by atoms with van der Waals surface area (Å²) >= 11 is 0. The lowest BCUT2D eigenvalue weighted by Crippen LogP contribution is -2.29. The van der Waals surface area contributed by atoms with Crippen LogP contribution in [0, 0.1) is 11.7 Å². The molecule has 186 valence electrons. The number of aromatic nitrogens is 3. The number of carbonyl (C=O) groups excluding carboxylic acids is 1. The van der Waals surface area contributed by atoms with E-state index in [1.165, 1.54) is 12.1 Å². The van der Waals surface area contributed by atoms with Crippen molar-refractivity contribution in [1.82, 2.24) is 14.6 Å². The van der Waals surface area contributed by atoms with E-state index in [0.29, 0.717) is 52.9 Å². The van der Waals surface area contributed by atoms with Crippen molar-refractivity contribution < 1.29 is 19.0 Å². The lowest BCUT2D eigenvalue weighted by molar-refractivity contribution is 0.0944. The molecule has 0 spiro atoms. The number of hydrogen-bond donors (Lipinski definition) is 2. The van der Waals surface area contributed by atoms with Gasteiger partial charge in [-0.1, -0.05) is 6.07 Å². The highest BCUT2D eigenvalue weighted by atomic mass is 19.1. The van der Waals surface area contributed by atoms with Crippen molar-refractivity contribution in [2.24, 2.45) is 5.92 Å². The van der Waals surface area contributed by atoms with E-state index in [1.54, 1.807) is 49.9 Å². The van der Waals surface area contributed by atoms with Crippen molar-refractivity contribution in [1.29, 1.82) is 0 Å². The first-order valence-corrected chi connectivity index (χ1v) is 12.0. The maximum Gasteiger partial charge on any atom is 0.177 e. The molecule has 1 fully saturated rings. The summed E-state index contributed by atoms with van der Waals surface area (Å²) < 4.78 is 20.9. The summed E-state index contributed by atoms with van der Waals surface area (Å²) in [5.74, 6) is 0.851. The Labute approximate surface area is 208 Å². The molecule has 2 aromatic carbocycles. The molecule has 0 bridgehead atoms. The highest BCUT2D eigenvalue weighted by molar-refractivity contribution is 5.97. The average Bonchev–Trinajstić information content (AvgIpc) is 3.57. The molecule has 1 aliphatic rings. The zero-order chi connectivity index (χ0) is 25.4. The lowest BCUT2D eigenvalue weighted by Gasteiger charge is -2.19. The van der Waals surface area contributed by atoms with Crippen LogP contribution in [-0.4, -0.2) is 44.7 Å². The van der Waals surface area contributed by atoms with Gasteiger partial charge in [0.15, 0.2) is 11.4 Å². The minimum Gasteiger partial charge on any atom is -0.496 e. The second-order valence-corrected chi connectivity index (χ2v) is 9.98. The number of ether oxygens (including phenoxy) is 1. The second-order valence-electron chi connectivity index (χ2n) is 9.98. The Morgan fingerprint density at radius 3 is 2.61 bits per heavy atom. The molecule has 0 saturated heterocycles. The Hall–Kier alpha value is -3.78. The summed E-state index contributed by atoms with van der Waals surface area (Å²) in [6, 6.07) is 13.4. The van der Waals surface area contributed by atoms with Gasteiger partial charge in [-0.05, 0) is 75.1 Å². The van der Waals surface area contributed by atoms with E-state index in [9.17, 15) is 14.3 Å². The van der Waals surface area contributed by atoms with E-state index >= 15 is 0 Å². The van der Waals surface area contributed by atoms with Crippen molar-refractivity contribution in [3.8, 4) is 28.3 Å². The Morgan fingerprint density at radius 2 is 1.94 bits per heavy atom. The van der Waals surface area contributed by atoms with E-state index in [2.05, 4.69) is 10.3 Å². The number of anilines is 1. The van der Waals surface area contributed by atoms with Gasteiger partial charge >= 0.3 is 0 Å². The molecule has 0 unspecified atom stereocenters. The van der Waals surface area contributed by atoms with Crippen molar-refractivity contribution in [2.75, 3.05) is 19.0 Å². The van der Waals surface area contributed by atoms with Crippen LogP contribution >= 0.6 is 0 Å². The number of nitrogens with one attached hydrogen (secondary N) is 1. The van der Waals surface area contributed by atoms with Crippen LogP contribution < -0.4 is 10.1 Å². The highest BCUT2D eigenvalue weighted by Crippen LogP contribution is 2.36. The zero-order valence-electron chi connectivity index (χ0n) is 20.6.